The van der Waals surface area contributed by atoms with Crippen LogP contribution in [0.25, 0.3) is 0 Å². The Bertz CT molecular complexity index is 1020. The van der Waals surface area contributed by atoms with Crippen LogP contribution in [0.1, 0.15) is 27.8 Å². The quantitative estimate of drug-likeness (QED) is 0.615. The predicted molar refractivity (Wildman–Crippen MR) is 111 cm³/mol. The molecule has 1 aliphatic rings. The second kappa shape index (κ2) is 8.45. The molecule has 0 radical (unpaired) electrons. The predicted octanol–water partition coefficient (Wildman–Crippen LogP) is 3.82. The summed E-state index contributed by atoms with van der Waals surface area (Å²) in [6.07, 6.45) is 2.84. The maximum atomic E-state index is 13.1. The number of hydrogen-bond acceptors (Lipinski definition) is 6. The number of thioether (sulfide) groups is 1. The number of hydrogen-bond donors (Lipinski definition) is 0. The van der Waals surface area contributed by atoms with Crippen LogP contribution in [0, 0.1) is 6.92 Å². The van der Waals surface area contributed by atoms with Gasteiger partial charge >= 0.3 is 5.97 Å². The number of aryl methyl sites for hydroxylation is 1. The number of carbonyl (C=O) groups excluding carboxylic acids is 2. The molecule has 0 aliphatic carbocycles. The largest absolute Gasteiger partial charge is 0.451 e. The third-order valence-corrected chi connectivity index (χ3v) is 5.74. The fraction of sp³-hybridized carbons (Fsp3) is 0.182. The van der Waals surface area contributed by atoms with Crippen LogP contribution in [-0.2, 0) is 9.53 Å². The molecule has 0 spiro atoms. The number of benzene rings is 2. The van der Waals surface area contributed by atoms with Crippen molar-refractivity contribution in [3.63, 3.8) is 0 Å². The fourth-order valence-electron chi connectivity index (χ4n) is 3.19. The van der Waals surface area contributed by atoms with E-state index in [4.69, 9.17) is 4.74 Å². The van der Waals surface area contributed by atoms with Crippen LogP contribution in [0.3, 0.4) is 0 Å². The first-order chi connectivity index (χ1) is 14.1. The molecule has 0 saturated heterocycles. The number of nitrogens with zero attached hydrogens (tertiary/aromatic N) is 3. The van der Waals surface area contributed by atoms with Crippen LogP contribution in [-0.4, -0.2) is 34.2 Å². The Balaban J connectivity index is 1.56. The lowest BCUT2D eigenvalue weighted by molar-refractivity contribution is -0.122. The summed E-state index contributed by atoms with van der Waals surface area (Å²) in [6.45, 7) is 1.41. The second-order valence-corrected chi connectivity index (χ2v) is 7.65. The van der Waals surface area contributed by atoms with Crippen molar-refractivity contribution in [1.82, 2.24) is 9.97 Å². The Morgan fingerprint density at radius 1 is 1.07 bits per heavy atom. The van der Waals surface area contributed by atoms with Crippen molar-refractivity contribution in [2.24, 2.45) is 0 Å². The number of carbonyl (C=O) groups is 2. The molecule has 0 bridgehead atoms. The summed E-state index contributed by atoms with van der Waals surface area (Å²) in [4.78, 5) is 36.2. The lowest BCUT2D eigenvalue weighted by atomic mass is 10.1. The van der Waals surface area contributed by atoms with Crippen LogP contribution < -0.4 is 4.90 Å². The number of anilines is 1. The van der Waals surface area contributed by atoms with Crippen molar-refractivity contribution in [2.75, 3.05) is 17.3 Å². The van der Waals surface area contributed by atoms with Gasteiger partial charge in [0.1, 0.15) is 0 Å². The zero-order valence-electron chi connectivity index (χ0n) is 15.8. The van der Waals surface area contributed by atoms with E-state index in [1.807, 2.05) is 54.6 Å². The highest BCUT2D eigenvalue weighted by atomic mass is 32.2. The van der Waals surface area contributed by atoms with E-state index in [1.165, 1.54) is 12.4 Å². The molecular weight excluding hydrogens is 386 g/mol. The molecule has 2 heterocycles. The van der Waals surface area contributed by atoms with Crippen molar-refractivity contribution in [1.29, 1.82) is 0 Å². The molecule has 146 valence electrons. The standard InChI is InChI=1S/C22H19N3O3S/c1-15-11-24-17(12-23-15)22(27)28-13-21(26)25-18-9-5-6-10-20(18)29-14-19(25)16-7-3-2-4-8-16/h2-12,19H,13-14H2,1H3/t19-/m0/s1. The molecule has 1 aliphatic heterocycles. The number of ether oxygens (including phenoxy) is 1. The van der Waals surface area contributed by atoms with Gasteiger partial charge in [-0.05, 0) is 24.6 Å². The first-order valence-corrected chi connectivity index (χ1v) is 10.2. The highest BCUT2D eigenvalue weighted by molar-refractivity contribution is 7.99. The van der Waals surface area contributed by atoms with E-state index in [0.717, 1.165) is 21.9 Å². The van der Waals surface area contributed by atoms with Gasteiger partial charge in [0.05, 0.1) is 23.6 Å². The van der Waals surface area contributed by atoms with Crippen molar-refractivity contribution in [2.45, 2.75) is 17.9 Å². The average Bonchev–Trinajstić information content (AvgIpc) is 2.77. The first kappa shape index (κ1) is 19.1. The van der Waals surface area contributed by atoms with E-state index in [0.29, 0.717) is 5.69 Å². The Morgan fingerprint density at radius 3 is 2.59 bits per heavy atom. The fourth-order valence-corrected chi connectivity index (χ4v) is 4.35. The van der Waals surface area contributed by atoms with E-state index in [2.05, 4.69) is 9.97 Å². The lowest BCUT2D eigenvalue weighted by Crippen LogP contribution is -2.41. The van der Waals surface area contributed by atoms with E-state index >= 15 is 0 Å². The molecule has 0 N–H and O–H groups in total. The minimum atomic E-state index is -0.665. The van der Waals surface area contributed by atoms with Crippen molar-refractivity contribution in [3.05, 3.63) is 83.9 Å². The van der Waals surface area contributed by atoms with Gasteiger partial charge in [0, 0.05) is 16.8 Å². The van der Waals surface area contributed by atoms with Gasteiger partial charge in [-0.15, -0.1) is 11.8 Å². The van der Waals surface area contributed by atoms with Gasteiger partial charge in [-0.2, -0.15) is 0 Å². The number of fused-ring (bicyclic) bond motifs is 1. The summed E-state index contributed by atoms with van der Waals surface area (Å²) in [5, 5.41) is 0. The summed E-state index contributed by atoms with van der Waals surface area (Å²) in [5.41, 5.74) is 2.65. The topological polar surface area (TPSA) is 72.4 Å². The van der Waals surface area contributed by atoms with E-state index < -0.39 is 5.97 Å². The number of esters is 1. The molecule has 4 rings (SSSR count). The van der Waals surface area contributed by atoms with Crippen LogP contribution in [0.5, 0.6) is 0 Å². The molecule has 6 nitrogen and oxygen atoms in total. The molecular formula is C22H19N3O3S. The van der Waals surface area contributed by atoms with Crippen LogP contribution in [0.4, 0.5) is 5.69 Å². The molecule has 0 fully saturated rings. The minimum Gasteiger partial charge on any atom is -0.451 e. The summed E-state index contributed by atoms with van der Waals surface area (Å²) in [7, 11) is 0. The van der Waals surface area contributed by atoms with Crippen molar-refractivity contribution in [3.8, 4) is 0 Å². The Hall–Kier alpha value is -3.19. The molecule has 3 aromatic rings. The number of amides is 1. The third kappa shape index (κ3) is 4.14. The molecule has 1 atom stereocenters. The Kier molecular flexibility index (Phi) is 5.57. The van der Waals surface area contributed by atoms with Crippen molar-refractivity contribution < 1.29 is 14.3 Å². The maximum absolute atomic E-state index is 13.1. The summed E-state index contributed by atoms with van der Waals surface area (Å²) in [5.74, 6) is -0.216. The molecule has 29 heavy (non-hydrogen) atoms. The smallest absolute Gasteiger partial charge is 0.359 e. The van der Waals surface area contributed by atoms with Gasteiger partial charge in [-0.3, -0.25) is 14.7 Å². The van der Waals surface area contributed by atoms with Gasteiger partial charge in [-0.25, -0.2) is 9.78 Å². The number of rotatable bonds is 4. The van der Waals surface area contributed by atoms with Gasteiger partial charge < -0.3 is 4.74 Å². The average molecular weight is 405 g/mol. The SMILES string of the molecule is Cc1cnc(C(=O)OCC(=O)N2c3ccccc3SC[C@H]2c2ccccc2)cn1. The minimum absolute atomic E-state index is 0.0811. The molecule has 2 aromatic carbocycles. The lowest BCUT2D eigenvalue weighted by Gasteiger charge is -2.37. The third-order valence-electron chi connectivity index (χ3n) is 4.60. The van der Waals surface area contributed by atoms with E-state index in [1.54, 1.807) is 23.6 Å². The Morgan fingerprint density at radius 2 is 1.83 bits per heavy atom. The van der Waals surface area contributed by atoms with Crippen molar-refractivity contribution >= 4 is 29.3 Å². The zero-order chi connectivity index (χ0) is 20.2. The molecule has 1 aromatic heterocycles. The molecule has 7 heteroatoms. The van der Waals surface area contributed by atoms with Gasteiger partial charge in [-0.1, -0.05) is 42.5 Å². The summed E-state index contributed by atoms with van der Waals surface area (Å²) in [6, 6.07) is 17.5. The molecule has 1 amide bonds. The highest BCUT2D eigenvalue weighted by Gasteiger charge is 2.33. The number of aromatic nitrogens is 2. The first-order valence-electron chi connectivity index (χ1n) is 9.18. The van der Waals surface area contributed by atoms with Crippen LogP contribution >= 0.6 is 11.8 Å². The van der Waals surface area contributed by atoms with E-state index in [-0.39, 0.29) is 24.2 Å². The Labute approximate surface area is 172 Å². The highest BCUT2D eigenvalue weighted by Crippen LogP contribution is 2.43. The van der Waals surface area contributed by atoms with Crippen LogP contribution in [0.15, 0.2) is 71.9 Å². The van der Waals surface area contributed by atoms with Crippen LogP contribution in [0.2, 0.25) is 0 Å². The summed E-state index contributed by atoms with van der Waals surface area (Å²) < 4.78 is 5.24. The zero-order valence-corrected chi connectivity index (χ0v) is 16.6. The second-order valence-electron chi connectivity index (χ2n) is 6.59. The molecule has 0 saturated carbocycles. The van der Waals surface area contributed by atoms with E-state index in [9.17, 15) is 9.59 Å². The normalized spacial score (nSPS) is 15.5. The monoisotopic (exact) mass is 405 g/mol. The summed E-state index contributed by atoms with van der Waals surface area (Å²) >= 11 is 1.72. The number of para-hydroxylation sites is 1. The molecule has 0 unspecified atom stereocenters. The van der Waals surface area contributed by atoms with Gasteiger partial charge in [0.25, 0.3) is 5.91 Å². The van der Waals surface area contributed by atoms with Gasteiger partial charge in [0.15, 0.2) is 12.3 Å². The van der Waals surface area contributed by atoms with Gasteiger partial charge in [0.2, 0.25) is 0 Å². The maximum Gasteiger partial charge on any atom is 0.359 e.